The second-order valence-electron chi connectivity index (χ2n) is 6.16. The highest BCUT2D eigenvalue weighted by Crippen LogP contribution is 2.22. The topological polar surface area (TPSA) is 55.4 Å². The maximum absolute atomic E-state index is 12.3. The molecule has 0 saturated heterocycles. The minimum Gasteiger partial charge on any atom is -0.467 e. The number of ether oxygens (including phenoxy) is 1. The molecule has 0 aromatic heterocycles. The van der Waals surface area contributed by atoms with Gasteiger partial charge in [0.1, 0.15) is 6.04 Å². The van der Waals surface area contributed by atoms with Crippen LogP contribution in [0, 0.1) is 0 Å². The summed E-state index contributed by atoms with van der Waals surface area (Å²) in [7, 11) is 1.33. The van der Waals surface area contributed by atoms with E-state index >= 15 is 0 Å². The van der Waals surface area contributed by atoms with Crippen LogP contribution in [-0.2, 0) is 14.9 Å². The van der Waals surface area contributed by atoms with E-state index < -0.39 is 12.0 Å². The Hall–Kier alpha value is -1.49. The second-order valence-corrected chi connectivity index (χ2v) is 7.14. The summed E-state index contributed by atoms with van der Waals surface area (Å²) in [6, 6.07) is 6.87. The molecule has 122 valence electrons. The smallest absolute Gasteiger partial charge is 0.328 e. The summed E-state index contributed by atoms with van der Waals surface area (Å²) >= 11 is 1.63. The van der Waals surface area contributed by atoms with Crippen LogP contribution in [0.2, 0.25) is 0 Å². The van der Waals surface area contributed by atoms with Crippen LogP contribution in [0.1, 0.15) is 43.1 Å². The standard InChI is InChI=1S/C17H25NO3S/c1-17(2,3)13-8-6-12(7-9-13)15(19)18-14(10-11-22-5)16(20)21-4/h6-9,14H,10-11H2,1-5H3,(H,18,19)/t14-/m1/s1. The number of esters is 1. The molecule has 0 unspecified atom stereocenters. The molecule has 0 saturated carbocycles. The van der Waals surface area contributed by atoms with E-state index in [1.807, 2.05) is 18.4 Å². The van der Waals surface area contributed by atoms with Gasteiger partial charge in [0.25, 0.3) is 5.91 Å². The van der Waals surface area contributed by atoms with Gasteiger partial charge in [-0.25, -0.2) is 4.79 Å². The van der Waals surface area contributed by atoms with Crippen LogP contribution >= 0.6 is 11.8 Å². The Balaban J connectivity index is 2.79. The van der Waals surface area contributed by atoms with Crippen LogP contribution in [0.15, 0.2) is 24.3 Å². The third-order valence-corrected chi connectivity index (χ3v) is 4.06. The van der Waals surface area contributed by atoms with Gasteiger partial charge in [0.05, 0.1) is 7.11 Å². The molecule has 0 aliphatic heterocycles. The average Bonchev–Trinajstić information content (AvgIpc) is 2.49. The molecule has 0 bridgehead atoms. The van der Waals surface area contributed by atoms with Crippen molar-refractivity contribution in [2.75, 3.05) is 19.1 Å². The number of rotatable bonds is 6. The van der Waals surface area contributed by atoms with Crippen LogP contribution in [0.25, 0.3) is 0 Å². The average molecular weight is 323 g/mol. The summed E-state index contributed by atoms with van der Waals surface area (Å²) in [5, 5.41) is 2.75. The first-order valence-corrected chi connectivity index (χ1v) is 8.67. The Bertz CT molecular complexity index is 506. The minimum atomic E-state index is -0.604. The van der Waals surface area contributed by atoms with Crippen molar-refractivity contribution in [3.05, 3.63) is 35.4 Å². The van der Waals surface area contributed by atoms with Gasteiger partial charge in [-0.1, -0.05) is 32.9 Å². The number of hydrogen-bond donors (Lipinski definition) is 1. The Morgan fingerprint density at radius 3 is 2.27 bits per heavy atom. The first-order chi connectivity index (χ1) is 10.3. The van der Waals surface area contributed by atoms with E-state index in [0.717, 1.165) is 11.3 Å². The molecule has 4 nitrogen and oxygen atoms in total. The van der Waals surface area contributed by atoms with Gasteiger partial charge < -0.3 is 10.1 Å². The highest BCUT2D eigenvalue weighted by Gasteiger charge is 2.22. The van der Waals surface area contributed by atoms with E-state index in [9.17, 15) is 9.59 Å². The quantitative estimate of drug-likeness (QED) is 0.818. The molecule has 0 aliphatic rings. The fourth-order valence-corrected chi connectivity index (χ4v) is 2.46. The SMILES string of the molecule is COC(=O)[C@@H](CCSC)NC(=O)c1ccc(C(C)(C)C)cc1. The lowest BCUT2D eigenvalue weighted by Crippen LogP contribution is -2.41. The van der Waals surface area contributed by atoms with Gasteiger partial charge in [0.2, 0.25) is 0 Å². The molecule has 1 aromatic carbocycles. The summed E-state index contributed by atoms with van der Waals surface area (Å²) in [4.78, 5) is 24.0. The van der Waals surface area contributed by atoms with Gasteiger partial charge >= 0.3 is 5.97 Å². The maximum atomic E-state index is 12.3. The highest BCUT2D eigenvalue weighted by atomic mass is 32.2. The number of thioether (sulfide) groups is 1. The molecule has 1 N–H and O–H groups in total. The fraction of sp³-hybridized carbons (Fsp3) is 0.529. The number of methoxy groups -OCH3 is 1. The molecule has 1 rings (SSSR count). The molecule has 1 aromatic rings. The molecule has 0 heterocycles. The predicted molar refractivity (Wildman–Crippen MR) is 91.4 cm³/mol. The van der Waals surface area contributed by atoms with Crippen LogP contribution in [0.3, 0.4) is 0 Å². The van der Waals surface area contributed by atoms with Gasteiger partial charge in [-0.3, -0.25) is 4.79 Å². The second kappa shape index (κ2) is 8.22. The van der Waals surface area contributed by atoms with Crippen LogP contribution < -0.4 is 5.32 Å². The van der Waals surface area contributed by atoms with Crippen molar-refractivity contribution in [1.82, 2.24) is 5.32 Å². The van der Waals surface area contributed by atoms with Crippen molar-refractivity contribution < 1.29 is 14.3 Å². The zero-order valence-electron chi connectivity index (χ0n) is 13.9. The lowest BCUT2D eigenvalue weighted by molar-refractivity contribution is -0.142. The third-order valence-electron chi connectivity index (χ3n) is 3.41. The zero-order chi connectivity index (χ0) is 16.8. The Morgan fingerprint density at radius 2 is 1.82 bits per heavy atom. The molecular formula is C17H25NO3S. The van der Waals surface area contributed by atoms with E-state index in [0.29, 0.717) is 12.0 Å². The van der Waals surface area contributed by atoms with Crippen molar-refractivity contribution in [3.8, 4) is 0 Å². The molecular weight excluding hydrogens is 298 g/mol. The molecule has 5 heteroatoms. The highest BCUT2D eigenvalue weighted by molar-refractivity contribution is 7.98. The lowest BCUT2D eigenvalue weighted by Gasteiger charge is -2.19. The van der Waals surface area contributed by atoms with Crippen molar-refractivity contribution in [1.29, 1.82) is 0 Å². The van der Waals surface area contributed by atoms with Crippen LogP contribution in [0.5, 0.6) is 0 Å². The molecule has 0 radical (unpaired) electrons. The summed E-state index contributed by atoms with van der Waals surface area (Å²) in [5.74, 6) is 0.119. The van der Waals surface area contributed by atoms with Gasteiger partial charge in [0, 0.05) is 5.56 Å². The number of amides is 1. The maximum Gasteiger partial charge on any atom is 0.328 e. The van der Waals surface area contributed by atoms with Crippen molar-refractivity contribution >= 4 is 23.6 Å². The Kier molecular flexibility index (Phi) is 6.94. The van der Waals surface area contributed by atoms with Gasteiger partial charge in [-0.05, 0) is 41.5 Å². The number of nitrogens with one attached hydrogen (secondary N) is 1. The molecule has 1 atom stereocenters. The summed E-state index contributed by atoms with van der Waals surface area (Å²) in [6.07, 6.45) is 2.51. The van der Waals surface area contributed by atoms with E-state index in [-0.39, 0.29) is 11.3 Å². The minimum absolute atomic E-state index is 0.0436. The number of benzene rings is 1. The normalized spacial score (nSPS) is 12.6. The number of carbonyl (C=O) groups is 2. The number of carbonyl (C=O) groups excluding carboxylic acids is 2. The van der Waals surface area contributed by atoms with E-state index in [1.165, 1.54) is 7.11 Å². The van der Waals surface area contributed by atoms with E-state index in [1.54, 1.807) is 23.9 Å². The summed E-state index contributed by atoms with van der Waals surface area (Å²) < 4.78 is 4.75. The third kappa shape index (κ3) is 5.37. The molecule has 0 fully saturated rings. The Morgan fingerprint density at radius 1 is 1.23 bits per heavy atom. The first-order valence-electron chi connectivity index (χ1n) is 7.27. The molecule has 1 amide bonds. The first kappa shape index (κ1) is 18.6. The molecule has 0 spiro atoms. The summed E-state index contributed by atoms with van der Waals surface area (Å²) in [6.45, 7) is 6.37. The monoisotopic (exact) mass is 323 g/mol. The fourth-order valence-electron chi connectivity index (χ4n) is 1.99. The van der Waals surface area contributed by atoms with E-state index in [2.05, 4.69) is 26.1 Å². The van der Waals surface area contributed by atoms with Crippen molar-refractivity contribution in [3.63, 3.8) is 0 Å². The number of hydrogen-bond acceptors (Lipinski definition) is 4. The molecule has 0 aliphatic carbocycles. The van der Waals surface area contributed by atoms with Gasteiger partial charge in [0.15, 0.2) is 0 Å². The Labute approximate surface area is 137 Å². The molecule has 22 heavy (non-hydrogen) atoms. The van der Waals surface area contributed by atoms with Crippen molar-refractivity contribution in [2.45, 2.75) is 38.6 Å². The lowest BCUT2D eigenvalue weighted by atomic mass is 9.86. The van der Waals surface area contributed by atoms with Gasteiger partial charge in [-0.15, -0.1) is 0 Å². The summed E-state index contributed by atoms with van der Waals surface area (Å²) in [5.41, 5.74) is 1.75. The van der Waals surface area contributed by atoms with Crippen LogP contribution in [-0.4, -0.2) is 37.0 Å². The zero-order valence-corrected chi connectivity index (χ0v) is 14.8. The van der Waals surface area contributed by atoms with Crippen LogP contribution in [0.4, 0.5) is 0 Å². The van der Waals surface area contributed by atoms with Crippen molar-refractivity contribution in [2.24, 2.45) is 0 Å². The predicted octanol–water partition coefficient (Wildman–Crippen LogP) is 3.01. The van der Waals surface area contributed by atoms with E-state index in [4.69, 9.17) is 4.74 Å². The largest absolute Gasteiger partial charge is 0.467 e. The van der Waals surface area contributed by atoms with Gasteiger partial charge in [-0.2, -0.15) is 11.8 Å².